The van der Waals surface area contributed by atoms with Crippen molar-refractivity contribution in [2.75, 3.05) is 6.54 Å². The Morgan fingerprint density at radius 3 is 2.91 bits per heavy atom. The SMILES string of the molecule is NC(=O)[C@@H]1C[C@@H](F)CN1C(=O)c1cccc(Cn2ccnc2)c1. The number of primary amides is 1. The summed E-state index contributed by atoms with van der Waals surface area (Å²) in [5.41, 5.74) is 6.61. The van der Waals surface area contributed by atoms with Gasteiger partial charge in [-0.05, 0) is 17.7 Å². The maximum absolute atomic E-state index is 13.6. The molecule has 0 spiro atoms. The van der Waals surface area contributed by atoms with Gasteiger partial charge in [-0.25, -0.2) is 9.37 Å². The van der Waals surface area contributed by atoms with Crippen molar-refractivity contribution in [1.82, 2.24) is 14.5 Å². The van der Waals surface area contributed by atoms with E-state index in [4.69, 9.17) is 5.73 Å². The zero-order chi connectivity index (χ0) is 16.4. The molecular weight excluding hydrogens is 299 g/mol. The molecule has 1 fully saturated rings. The third-order valence-electron chi connectivity index (χ3n) is 3.94. The van der Waals surface area contributed by atoms with E-state index in [1.807, 2.05) is 16.8 Å². The number of nitrogens with zero attached hydrogens (tertiary/aromatic N) is 3. The molecular formula is C16H17FN4O2. The molecule has 2 aromatic rings. The summed E-state index contributed by atoms with van der Waals surface area (Å²) < 4.78 is 15.5. The van der Waals surface area contributed by atoms with Crippen LogP contribution in [0.4, 0.5) is 4.39 Å². The number of hydrogen-bond acceptors (Lipinski definition) is 3. The Balaban J connectivity index is 1.80. The van der Waals surface area contributed by atoms with E-state index in [-0.39, 0.29) is 18.9 Å². The Labute approximate surface area is 132 Å². The Bertz CT molecular complexity index is 717. The lowest BCUT2D eigenvalue weighted by Crippen LogP contribution is -2.43. The van der Waals surface area contributed by atoms with E-state index in [0.717, 1.165) is 5.56 Å². The van der Waals surface area contributed by atoms with Gasteiger partial charge in [-0.3, -0.25) is 9.59 Å². The molecule has 0 unspecified atom stereocenters. The summed E-state index contributed by atoms with van der Waals surface area (Å²) in [4.78, 5) is 29.2. The number of carbonyl (C=O) groups is 2. The van der Waals surface area contributed by atoms with Crippen molar-refractivity contribution in [2.24, 2.45) is 5.73 Å². The molecule has 7 heteroatoms. The van der Waals surface area contributed by atoms with Gasteiger partial charge in [-0.2, -0.15) is 0 Å². The van der Waals surface area contributed by atoms with E-state index in [1.54, 1.807) is 30.7 Å². The first-order valence-electron chi connectivity index (χ1n) is 7.33. The second-order valence-electron chi connectivity index (χ2n) is 5.64. The van der Waals surface area contributed by atoms with Crippen LogP contribution in [0.5, 0.6) is 0 Å². The van der Waals surface area contributed by atoms with Crippen molar-refractivity contribution >= 4 is 11.8 Å². The number of amides is 2. The number of nitrogens with two attached hydrogens (primary N) is 1. The highest BCUT2D eigenvalue weighted by Gasteiger charge is 2.39. The molecule has 6 nitrogen and oxygen atoms in total. The zero-order valence-corrected chi connectivity index (χ0v) is 12.4. The number of likely N-dealkylation sites (tertiary alicyclic amines) is 1. The topological polar surface area (TPSA) is 81.2 Å². The molecule has 3 rings (SSSR count). The second-order valence-corrected chi connectivity index (χ2v) is 5.64. The molecule has 0 aliphatic carbocycles. The van der Waals surface area contributed by atoms with E-state index in [9.17, 15) is 14.0 Å². The summed E-state index contributed by atoms with van der Waals surface area (Å²) in [7, 11) is 0. The van der Waals surface area contributed by atoms with Crippen LogP contribution in [-0.4, -0.2) is 45.0 Å². The maximum Gasteiger partial charge on any atom is 0.254 e. The summed E-state index contributed by atoms with van der Waals surface area (Å²) >= 11 is 0. The first kappa shape index (κ1) is 15.2. The monoisotopic (exact) mass is 316 g/mol. The van der Waals surface area contributed by atoms with Gasteiger partial charge in [0.2, 0.25) is 5.91 Å². The summed E-state index contributed by atoms with van der Waals surface area (Å²) in [6, 6.07) is 6.18. The summed E-state index contributed by atoms with van der Waals surface area (Å²) in [6.45, 7) is 0.476. The average Bonchev–Trinajstić information content (AvgIpc) is 3.16. The van der Waals surface area contributed by atoms with Crippen molar-refractivity contribution < 1.29 is 14.0 Å². The highest BCUT2D eigenvalue weighted by Crippen LogP contribution is 2.23. The number of halogens is 1. The molecule has 2 atom stereocenters. The number of carbonyl (C=O) groups excluding carboxylic acids is 2. The van der Waals surface area contributed by atoms with E-state index >= 15 is 0 Å². The fourth-order valence-corrected chi connectivity index (χ4v) is 2.84. The highest BCUT2D eigenvalue weighted by atomic mass is 19.1. The Kier molecular flexibility index (Phi) is 4.10. The van der Waals surface area contributed by atoms with Gasteiger partial charge in [0.25, 0.3) is 5.91 Å². The summed E-state index contributed by atoms with van der Waals surface area (Å²) in [5.74, 6) is -1.05. The molecule has 2 amide bonds. The standard InChI is InChI=1S/C16H17FN4O2/c17-13-7-14(15(18)22)21(9-13)16(23)12-3-1-2-11(6-12)8-20-5-4-19-10-20/h1-6,10,13-14H,7-9H2,(H2,18,22)/t13-,14+/m1/s1. The van der Waals surface area contributed by atoms with Crippen LogP contribution >= 0.6 is 0 Å². The number of hydrogen-bond donors (Lipinski definition) is 1. The minimum Gasteiger partial charge on any atom is -0.368 e. The first-order chi connectivity index (χ1) is 11.0. The molecule has 120 valence electrons. The first-order valence-corrected chi connectivity index (χ1v) is 7.33. The minimum atomic E-state index is -1.22. The highest BCUT2D eigenvalue weighted by molar-refractivity contribution is 5.97. The van der Waals surface area contributed by atoms with E-state index < -0.39 is 18.1 Å². The molecule has 1 aromatic heterocycles. The van der Waals surface area contributed by atoms with Gasteiger partial charge >= 0.3 is 0 Å². The van der Waals surface area contributed by atoms with Crippen molar-refractivity contribution in [3.05, 3.63) is 54.1 Å². The van der Waals surface area contributed by atoms with Crippen LogP contribution < -0.4 is 5.73 Å². The van der Waals surface area contributed by atoms with Gasteiger partial charge < -0.3 is 15.2 Å². The van der Waals surface area contributed by atoms with Gasteiger partial charge in [-0.15, -0.1) is 0 Å². The van der Waals surface area contributed by atoms with E-state index in [2.05, 4.69) is 4.98 Å². The quantitative estimate of drug-likeness (QED) is 0.912. The van der Waals surface area contributed by atoms with Crippen LogP contribution in [0.3, 0.4) is 0 Å². The molecule has 23 heavy (non-hydrogen) atoms. The largest absolute Gasteiger partial charge is 0.368 e. The van der Waals surface area contributed by atoms with Gasteiger partial charge in [0.15, 0.2) is 0 Å². The van der Waals surface area contributed by atoms with Crippen molar-refractivity contribution in [1.29, 1.82) is 0 Å². The lowest BCUT2D eigenvalue weighted by Gasteiger charge is -2.22. The summed E-state index contributed by atoms with van der Waals surface area (Å²) in [5, 5.41) is 0. The van der Waals surface area contributed by atoms with E-state index in [1.165, 1.54) is 4.90 Å². The van der Waals surface area contributed by atoms with Gasteiger partial charge in [0.05, 0.1) is 12.9 Å². The number of alkyl halides is 1. The zero-order valence-electron chi connectivity index (χ0n) is 12.4. The average molecular weight is 316 g/mol. The predicted molar refractivity (Wildman–Crippen MR) is 81.3 cm³/mol. The predicted octanol–water partition coefficient (Wildman–Crippen LogP) is 0.969. The fourth-order valence-electron chi connectivity index (χ4n) is 2.84. The summed E-state index contributed by atoms with van der Waals surface area (Å²) in [6.07, 6.45) is 3.94. The van der Waals surface area contributed by atoms with Crippen LogP contribution in [-0.2, 0) is 11.3 Å². The van der Waals surface area contributed by atoms with Crippen LogP contribution in [0.2, 0.25) is 0 Å². The number of aromatic nitrogens is 2. The van der Waals surface area contributed by atoms with E-state index in [0.29, 0.717) is 12.1 Å². The third kappa shape index (κ3) is 3.23. The third-order valence-corrected chi connectivity index (χ3v) is 3.94. The van der Waals surface area contributed by atoms with Gasteiger partial charge in [0.1, 0.15) is 12.2 Å². The Hall–Kier alpha value is -2.70. The molecule has 1 aromatic carbocycles. The molecule has 2 N–H and O–H groups in total. The molecule has 0 saturated carbocycles. The maximum atomic E-state index is 13.6. The van der Waals surface area contributed by atoms with Crippen LogP contribution in [0.15, 0.2) is 43.0 Å². The Morgan fingerprint density at radius 2 is 2.22 bits per heavy atom. The second kappa shape index (κ2) is 6.20. The Morgan fingerprint density at radius 1 is 1.39 bits per heavy atom. The number of benzene rings is 1. The van der Waals surface area contributed by atoms with Crippen molar-refractivity contribution in [3.8, 4) is 0 Å². The minimum absolute atomic E-state index is 0.0319. The number of rotatable bonds is 4. The number of imidazole rings is 1. The molecule has 2 heterocycles. The lowest BCUT2D eigenvalue weighted by atomic mass is 10.1. The smallest absolute Gasteiger partial charge is 0.254 e. The van der Waals surface area contributed by atoms with Crippen molar-refractivity contribution in [3.63, 3.8) is 0 Å². The van der Waals surface area contributed by atoms with Crippen LogP contribution in [0.25, 0.3) is 0 Å². The molecule has 1 saturated heterocycles. The molecule has 1 aliphatic heterocycles. The van der Waals surface area contributed by atoms with Crippen LogP contribution in [0, 0.1) is 0 Å². The molecule has 0 bridgehead atoms. The molecule has 1 aliphatic rings. The normalized spacial score (nSPS) is 20.7. The lowest BCUT2D eigenvalue weighted by molar-refractivity contribution is -0.121. The molecule has 0 radical (unpaired) electrons. The fraction of sp³-hybridized carbons (Fsp3) is 0.312. The van der Waals surface area contributed by atoms with Gasteiger partial charge in [0, 0.05) is 30.9 Å². The van der Waals surface area contributed by atoms with Crippen LogP contribution in [0.1, 0.15) is 22.3 Å². The van der Waals surface area contributed by atoms with Gasteiger partial charge in [-0.1, -0.05) is 12.1 Å². The van der Waals surface area contributed by atoms with Crippen molar-refractivity contribution in [2.45, 2.75) is 25.2 Å².